The van der Waals surface area contributed by atoms with Crippen LogP contribution in [0.4, 0.5) is 0 Å². The predicted octanol–water partition coefficient (Wildman–Crippen LogP) is 2.09. The Morgan fingerprint density at radius 1 is 1.12 bits per heavy atom. The largest absolute Gasteiger partial charge is 0.473 e. The standard InChI is InChI=1S/C24H25N5O4/c1-15-18(22(31)27-21-20(15)23(32)28-29(21)2)10-11-19(30)26-13-17-9-6-12-25-24(17)33-14-16-7-4-3-5-8-16/h3-9,12H,10-11,13-14H2,1-2H3,(H,26,30)(H,27,31)(H,28,32). The van der Waals surface area contributed by atoms with Gasteiger partial charge in [-0.15, -0.1) is 0 Å². The first kappa shape index (κ1) is 22.1. The monoisotopic (exact) mass is 447 g/mol. The molecule has 0 aliphatic carbocycles. The van der Waals surface area contributed by atoms with Crippen molar-refractivity contribution in [2.24, 2.45) is 7.05 Å². The van der Waals surface area contributed by atoms with E-state index in [4.69, 9.17) is 4.74 Å². The lowest BCUT2D eigenvalue weighted by atomic mass is 10.0. The highest BCUT2D eigenvalue weighted by atomic mass is 16.5. The van der Waals surface area contributed by atoms with Crippen LogP contribution in [0.2, 0.25) is 0 Å². The van der Waals surface area contributed by atoms with Crippen LogP contribution in [0, 0.1) is 6.92 Å². The topological polar surface area (TPSA) is 122 Å². The highest BCUT2D eigenvalue weighted by molar-refractivity contribution is 5.80. The van der Waals surface area contributed by atoms with Gasteiger partial charge in [-0.3, -0.25) is 24.2 Å². The molecule has 9 nitrogen and oxygen atoms in total. The zero-order valence-corrected chi connectivity index (χ0v) is 18.5. The van der Waals surface area contributed by atoms with Gasteiger partial charge in [0.15, 0.2) is 0 Å². The Balaban J connectivity index is 1.38. The number of carbonyl (C=O) groups excluding carboxylic acids is 1. The molecule has 0 unspecified atom stereocenters. The highest BCUT2D eigenvalue weighted by Gasteiger charge is 2.16. The zero-order valence-electron chi connectivity index (χ0n) is 18.5. The number of hydrogen-bond donors (Lipinski definition) is 3. The van der Waals surface area contributed by atoms with E-state index in [0.717, 1.165) is 11.1 Å². The van der Waals surface area contributed by atoms with Gasteiger partial charge in [0.1, 0.15) is 12.3 Å². The van der Waals surface area contributed by atoms with Gasteiger partial charge in [0.2, 0.25) is 11.8 Å². The average molecular weight is 447 g/mol. The molecule has 1 aromatic carbocycles. The second-order valence-corrected chi connectivity index (χ2v) is 7.80. The zero-order chi connectivity index (χ0) is 23.4. The van der Waals surface area contributed by atoms with E-state index in [9.17, 15) is 14.4 Å². The molecule has 170 valence electrons. The van der Waals surface area contributed by atoms with Crippen LogP contribution in [0.15, 0.2) is 58.3 Å². The Labute approximate surface area is 189 Å². The number of fused-ring (bicyclic) bond motifs is 1. The molecule has 0 fully saturated rings. The summed E-state index contributed by atoms with van der Waals surface area (Å²) in [5.74, 6) is 0.247. The quantitative estimate of drug-likeness (QED) is 0.382. The number of nitrogens with zero attached hydrogens (tertiary/aromatic N) is 2. The molecule has 3 heterocycles. The molecule has 1 amide bonds. The Bertz CT molecular complexity index is 1400. The molecular weight excluding hydrogens is 422 g/mol. The number of hydrogen-bond acceptors (Lipinski definition) is 5. The first-order chi connectivity index (χ1) is 15.9. The molecule has 4 aromatic rings. The lowest BCUT2D eigenvalue weighted by Crippen LogP contribution is -2.25. The van der Waals surface area contributed by atoms with Crippen molar-refractivity contribution in [2.45, 2.75) is 32.9 Å². The number of aromatic nitrogens is 4. The summed E-state index contributed by atoms with van der Waals surface area (Å²) in [6, 6.07) is 13.4. The van der Waals surface area contributed by atoms with Crippen molar-refractivity contribution < 1.29 is 9.53 Å². The molecular formula is C24H25N5O4. The number of nitrogens with one attached hydrogen (secondary N) is 3. The van der Waals surface area contributed by atoms with E-state index in [2.05, 4.69) is 20.4 Å². The predicted molar refractivity (Wildman–Crippen MR) is 124 cm³/mol. The maximum atomic E-state index is 12.5. The number of carbonyl (C=O) groups is 1. The summed E-state index contributed by atoms with van der Waals surface area (Å²) in [7, 11) is 1.66. The summed E-state index contributed by atoms with van der Waals surface area (Å²) < 4.78 is 7.31. The summed E-state index contributed by atoms with van der Waals surface area (Å²) in [6.45, 7) is 2.36. The van der Waals surface area contributed by atoms with Crippen molar-refractivity contribution in [1.82, 2.24) is 25.1 Å². The maximum absolute atomic E-state index is 12.5. The Kier molecular flexibility index (Phi) is 6.39. The summed E-state index contributed by atoms with van der Waals surface area (Å²) in [6.07, 6.45) is 1.98. The van der Waals surface area contributed by atoms with Crippen molar-refractivity contribution in [3.05, 3.63) is 91.6 Å². The average Bonchev–Trinajstić information content (AvgIpc) is 3.10. The summed E-state index contributed by atoms with van der Waals surface area (Å²) in [4.78, 5) is 44.1. The number of pyridine rings is 2. The van der Waals surface area contributed by atoms with Crippen molar-refractivity contribution in [3.8, 4) is 5.88 Å². The number of aromatic amines is 2. The van der Waals surface area contributed by atoms with E-state index in [-0.39, 0.29) is 36.4 Å². The number of benzene rings is 1. The van der Waals surface area contributed by atoms with Gasteiger partial charge in [-0.2, -0.15) is 0 Å². The molecule has 3 N–H and O–H groups in total. The fraction of sp³-hybridized carbons (Fsp3) is 0.250. The van der Waals surface area contributed by atoms with Crippen LogP contribution < -0.4 is 21.2 Å². The molecule has 33 heavy (non-hydrogen) atoms. The fourth-order valence-corrected chi connectivity index (χ4v) is 3.77. The number of rotatable bonds is 8. The fourth-order valence-electron chi connectivity index (χ4n) is 3.77. The third-order valence-corrected chi connectivity index (χ3v) is 5.55. The van der Waals surface area contributed by atoms with Crippen LogP contribution in [0.1, 0.15) is 28.7 Å². The summed E-state index contributed by atoms with van der Waals surface area (Å²) in [5.41, 5.74) is 2.67. The Morgan fingerprint density at radius 2 is 1.91 bits per heavy atom. The van der Waals surface area contributed by atoms with Crippen LogP contribution in [0.25, 0.3) is 11.0 Å². The second kappa shape index (κ2) is 9.56. The smallest absolute Gasteiger partial charge is 0.273 e. The van der Waals surface area contributed by atoms with Crippen molar-refractivity contribution in [2.75, 3.05) is 0 Å². The van der Waals surface area contributed by atoms with Gasteiger partial charge in [-0.1, -0.05) is 36.4 Å². The molecule has 0 spiro atoms. The minimum atomic E-state index is -0.300. The Hall–Kier alpha value is -4.14. The lowest BCUT2D eigenvalue weighted by molar-refractivity contribution is -0.121. The lowest BCUT2D eigenvalue weighted by Gasteiger charge is -2.11. The van der Waals surface area contributed by atoms with E-state index < -0.39 is 0 Å². The molecule has 0 aliphatic rings. The van der Waals surface area contributed by atoms with Crippen molar-refractivity contribution >= 4 is 16.9 Å². The SMILES string of the molecule is Cc1c(CCC(=O)NCc2cccnc2OCc2ccccc2)c(=O)[nH]c2c1c(=O)[nH]n2C. The molecule has 0 saturated carbocycles. The molecule has 0 bridgehead atoms. The number of ether oxygens (including phenoxy) is 1. The minimum Gasteiger partial charge on any atom is -0.473 e. The van der Waals surface area contributed by atoms with Crippen molar-refractivity contribution in [1.29, 1.82) is 0 Å². The van der Waals surface area contributed by atoms with Crippen LogP contribution in [-0.4, -0.2) is 25.7 Å². The van der Waals surface area contributed by atoms with Gasteiger partial charge < -0.3 is 15.0 Å². The molecule has 0 atom stereocenters. The normalized spacial score (nSPS) is 11.0. The molecule has 0 radical (unpaired) electrons. The van der Waals surface area contributed by atoms with Gasteiger partial charge in [-0.05, 0) is 30.5 Å². The van der Waals surface area contributed by atoms with E-state index in [1.54, 1.807) is 26.2 Å². The number of H-pyrrole nitrogens is 2. The Morgan fingerprint density at radius 3 is 2.70 bits per heavy atom. The summed E-state index contributed by atoms with van der Waals surface area (Å²) in [5, 5.41) is 5.92. The van der Waals surface area contributed by atoms with E-state index in [0.29, 0.717) is 34.6 Å². The maximum Gasteiger partial charge on any atom is 0.273 e. The van der Waals surface area contributed by atoms with Gasteiger partial charge in [0.25, 0.3) is 11.1 Å². The first-order valence-electron chi connectivity index (χ1n) is 10.6. The van der Waals surface area contributed by atoms with E-state index in [1.165, 1.54) is 4.68 Å². The van der Waals surface area contributed by atoms with Crippen LogP contribution in [0.5, 0.6) is 5.88 Å². The number of aryl methyl sites for hydroxylation is 2. The van der Waals surface area contributed by atoms with Gasteiger partial charge in [-0.25, -0.2) is 4.98 Å². The van der Waals surface area contributed by atoms with Crippen LogP contribution in [-0.2, 0) is 31.4 Å². The second-order valence-electron chi connectivity index (χ2n) is 7.80. The third kappa shape index (κ3) is 4.87. The van der Waals surface area contributed by atoms with Gasteiger partial charge in [0, 0.05) is 37.3 Å². The molecule has 0 aliphatic heterocycles. The van der Waals surface area contributed by atoms with Gasteiger partial charge in [0.05, 0.1) is 5.39 Å². The molecule has 0 saturated heterocycles. The van der Waals surface area contributed by atoms with Crippen molar-refractivity contribution in [3.63, 3.8) is 0 Å². The third-order valence-electron chi connectivity index (χ3n) is 5.55. The number of amides is 1. The molecule has 4 rings (SSSR count). The van der Waals surface area contributed by atoms with Gasteiger partial charge >= 0.3 is 0 Å². The van der Waals surface area contributed by atoms with Crippen LogP contribution in [0.3, 0.4) is 0 Å². The summed E-state index contributed by atoms with van der Waals surface area (Å²) >= 11 is 0. The molecule has 9 heteroatoms. The van der Waals surface area contributed by atoms with E-state index in [1.807, 2.05) is 36.4 Å². The van der Waals surface area contributed by atoms with E-state index >= 15 is 0 Å². The van der Waals surface area contributed by atoms with Crippen LogP contribution >= 0.6 is 0 Å². The minimum absolute atomic E-state index is 0.112. The highest BCUT2D eigenvalue weighted by Crippen LogP contribution is 2.17. The molecule has 3 aromatic heterocycles. The first-order valence-corrected chi connectivity index (χ1v) is 10.6.